The molecule has 1 atom stereocenters. The number of aryl methyl sites for hydroxylation is 1. The first-order valence-electron chi connectivity index (χ1n) is 7.29. The Balaban J connectivity index is 2.01. The van der Waals surface area contributed by atoms with Crippen molar-refractivity contribution < 1.29 is 4.74 Å². The van der Waals surface area contributed by atoms with Crippen LogP contribution in [0.1, 0.15) is 24.1 Å². The van der Waals surface area contributed by atoms with Gasteiger partial charge in [-0.25, -0.2) is 0 Å². The van der Waals surface area contributed by atoms with Crippen LogP contribution in [0, 0.1) is 0 Å². The van der Waals surface area contributed by atoms with Crippen LogP contribution in [0.4, 0.5) is 0 Å². The van der Waals surface area contributed by atoms with Crippen molar-refractivity contribution in [3.63, 3.8) is 0 Å². The summed E-state index contributed by atoms with van der Waals surface area (Å²) in [6.45, 7) is 2.18. The monoisotopic (exact) mass is 301 g/mol. The van der Waals surface area contributed by atoms with E-state index in [2.05, 4.69) is 48.6 Å². The Morgan fingerprint density at radius 1 is 1.14 bits per heavy atom. The van der Waals surface area contributed by atoms with Crippen LogP contribution in [0.15, 0.2) is 53.4 Å². The molecule has 0 aromatic heterocycles. The molecule has 0 aliphatic carbocycles. The Kier molecular flexibility index (Phi) is 6.15. The van der Waals surface area contributed by atoms with Gasteiger partial charge < -0.3 is 10.1 Å². The van der Waals surface area contributed by atoms with Gasteiger partial charge in [0.05, 0.1) is 7.11 Å². The van der Waals surface area contributed by atoms with Crippen LogP contribution in [-0.4, -0.2) is 19.9 Å². The van der Waals surface area contributed by atoms with Gasteiger partial charge in [0.2, 0.25) is 0 Å². The highest BCUT2D eigenvalue weighted by molar-refractivity contribution is 7.99. The quantitative estimate of drug-likeness (QED) is 0.770. The van der Waals surface area contributed by atoms with E-state index in [1.165, 1.54) is 16.0 Å². The smallest absolute Gasteiger partial charge is 0.119 e. The van der Waals surface area contributed by atoms with Gasteiger partial charge >= 0.3 is 0 Å². The first kappa shape index (κ1) is 15.9. The summed E-state index contributed by atoms with van der Waals surface area (Å²) in [6.07, 6.45) is 1.09. The summed E-state index contributed by atoms with van der Waals surface area (Å²) >= 11 is 1.84. The second-order valence-electron chi connectivity index (χ2n) is 4.93. The third kappa shape index (κ3) is 4.51. The van der Waals surface area contributed by atoms with Crippen molar-refractivity contribution in [1.29, 1.82) is 0 Å². The number of hydrogen-bond acceptors (Lipinski definition) is 3. The molecule has 0 radical (unpaired) electrons. The molecule has 3 heteroatoms. The molecule has 112 valence electrons. The summed E-state index contributed by atoms with van der Waals surface area (Å²) in [4.78, 5) is 1.24. The molecule has 0 aliphatic heterocycles. The molecular weight excluding hydrogens is 278 g/mol. The third-order valence-electron chi connectivity index (χ3n) is 3.60. The second kappa shape index (κ2) is 8.11. The van der Waals surface area contributed by atoms with Gasteiger partial charge in [0.25, 0.3) is 0 Å². The largest absolute Gasteiger partial charge is 0.497 e. The molecule has 2 rings (SSSR count). The summed E-state index contributed by atoms with van der Waals surface area (Å²) in [5, 5.41) is 3.40. The number of hydrogen-bond donors (Lipinski definition) is 1. The van der Waals surface area contributed by atoms with E-state index in [-0.39, 0.29) is 0 Å². The van der Waals surface area contributed by atoms with E-state index in [4.69, 9.17) is 4.74 Å². The van der Waals surface area contributed by atoms with E-state index in [1.54, 1.807) is 7.11 Å². The minimum Gasteiger partial charge on any atom is -0.497 e. The summed E-state index contributed by atoms with van der Waals surface area (Å²) in [5.41, 5.74) is 2.72. The number of methoxy groups -OCH3 is 1. The van der Waals surface area contributed by atoms with E-state index in [1.807, 2.05) is 30.9 Å². The number of nitrogens with one attached hydrogen (secondary N) is 1. The lowest BCUT2D eigenvalue weighted by atomic mass is 10.1. The van der Waals surface area contributed by atoms with Gasteiger partial charge in [0, 0.05) is 16.7 Å². The normalized spacial score (nSPS) is 12.1. The maximum atomic E-state index is 5.27. The first-order valence-corrected chi connectivity index (χ1v) is 8.28. The zero-order valence-corrected chi connectivity index (χ0v) is 13.7. The van der Waals surface area contributed by atoms with Gasteiger partial charge in [0.15, 0.2) is 0 Å². The molecule has 0 fully saturated rings. The Morgan fingerprint density at radius 3 is 2.52 bits per heavy atom. The molecule has 0 saturated carbocycles. The zero-order chi connectivity index (χ0) is 15.1. The van der Waals surface area contributed by atoms with Gasteiger partial charge in [-0.2, -0.15) is 0 Å². The number of ether oxygens (including phenoxy) is 1. The summed E-state index contributed by atoms with van der Waals surface area (Å²) in [6, 6.07) is 17.5. The van der Waals surface area contributed by atoms with Crippen molar-refractivity contribution in [2.75, 3.05) is 19.9 Å². The first-order chi connectivity index (χ1) is 10.3. The van der Waals surface area contributed by atoms with Crippen molar-refractivity contribution in [1.82, 2.24) is 5.32 Å². The Bertz CT molecular complexity index is 553. The Hall–Kier alpha value is -1.45. The highest BCUT2D eigenvalue weighted by atomic mass is 32.2. The predicted octanol–water partition coefficient (Wildman–Crippen LogP) is 4.31. The zero-order valence-electron chi connectivity index (χ0n) is 12.9. The second-order valence-corrected chi connectivity index (χ2v) is 6.02. The molecule has 0 amide bonds. The van der Waals surface area contributed by atoms with Crippen molar-refractivity contribution in [3.05, 3.63) is 59.7 Å². The van der Waals surface area contributed by atoms with Crippen LogP contribution in [0.5, 0.6) is 5.75 Å². The maximum Gasteiger partial charge on any atom is 0.119 e. The van der Waals surface area contributed by atoms with Crippen LogP contribution >= 0.6 is 11.8 Å². The molecule has 1 N–H and O–H groups in total. The minimum atomic E-state index is 0.354. The summed E-state index contributed by atoms with van der Waals surface area (Å²) in [7, 11) is 3.72. The maximum absolute atomic E-state index is 5.27. The fraction of sp³-hybridized carbons (Fsp3) is 0.333. The Morgan fingerprint density at radius 2 is 1.90 bits per heavy atom. The van der Waals surface area contributed by atoms with Crippen molar-refractivity contribution >= 4 is 11.8 Å². The van der Waals surface area contributed by atoms with Crippen LogP contribution in [0.2, 0.25) is 0 Å². The van der Waals surface area contributed by atoms with Gasteiger partial charge in [-0.05, 0) is 42.8 Å². The van der Waals surface area contributed by atoms with Crippen LogP contribution in [0.25, 0.3) is 0 Å². The molecule has 2 aromatic carbocycles. The Labute approximate surface area is 131 Å². The minimum absolute atomic E-state index is 0.354. The van der Waals surface area contributed by atoms with Gasteiger partial charge in [-0.1, -0.05) is 37.3 Å². The average molecular weight is 301 g/mol. The van der Waals surface area contributed by atoms with Crippen molar-refractivity contribution in [2.45, 2.75) is 24.3 Å². The van der Waals surface area contributed by atoms with Gasteiger partial charge in [0.1, 0.15) is 5.75 Å². The predicted molar refractivity (Wildman–Crippen MR) is 91.3 cm³/mol. The third-order valence-corrected chi connectivity index (χ3v) is 4.68. The molecule has 0 heterocycles. The SMILES string of the molecule is CCc1ccc(C(CSc2cccc(OC)c2)NC)cc1. The number of rotatable bonds is 7. The highest BCUT2D eigenvalue weighted by Crippen LogP contribution is 2.27. The van der Waals surface area contributed by atoms with E-state index in [0.29, 0.717) is 6.04 Å². The van der Waals surface area contributed by atoms with Crippen LogP contribution < -0.4 is 10.1 Å². The standard InChI is InChI=1S/C18H23NOS/c1-4-14-8-10-15(11-9-14)18(19-2)13-21-17-7-5-6-16(12-17)20-3/h5-12,18-19H,4,13H2,1-3H3. The molecule has 0 bridgehead atoms. The summed E-state index contributed by atoms with van der Waals surface area (Å²) < 4.78 is 5.27. The lowest BCUT2D eigenvalue weighted by Gasteiger charge is -2.17. The number of benzene rings is 2. The lowest BCUT2D eigenvalue weighted by molar-refractivity contribution is 0.413. The van der Waals surface area contributed by atoms with Crippen molar-refractivity contribution in [3.8, 4) is 5.75 Å². The molecule has 0 aliphatic rings. The molecule has 0 spiro atoms. The fourth-order valence-corrected chi connectivity index (χ4v) is 3.29. The van der Waals surface area contributed by atoms with E-state index >= 15 is 0 Å². The van der Waals surface area contributed by atoms with Gasteiger partial charge in [-0.3, -0.25) is 0 Å². The highest BCUT2D eigenvalue weighted by Gasteiger charge is 2.10. The number of thioether (sulfide) groups is 1. The average Bonchev–Trinajstić information content (AvgIpc) is 2.56. The molecule has 2 aromatic rings. The topological polar surface area (TPSA) is 21.3 Å². The molecular formula is C18H23NOS. The van der Waals surface area contributed by atoms with E-state index < -0.39 is 0 Å². The van der Waals surface area contributed by atoms with Crippen molar-refractivity contribution in [2.24, 2.45) is 0 Å². The molecule has 0 saturated heterocycles. The molecule has 2 nitrogen and oxygen atoms in total. The lowest BCUT2D eigenvalue weighted by Crippen LogP contribution is -2.18. The molecule has 1 unspecified atom stereocenters. The van der Waals surface area contributed by atoms with E-state index in [9.17, 15) is 0 Å². The summed E-state index contributed by atoms with van der Waals surface area (Å²) in [5.74, 6) is 1.91. The van der Waals surface area contributed by atoms with E-state index in [0.717, 1.165) is 17.9 Å². The van der Waals surface area contributed by atoms with Crippen LogP contribution in [-0.2, 0) is 6.42 Å². The molecule has 21 heavy (non-hydrogen) atoms. The van der Waals surface area contributed by atoms with Gasteiger partial charge in [-0.15, -0.1) is 11.8 Å². The fourth-order valence-electron chi connectivity index (χ4n) is 2.20. The van der Waals surface area contributed by atoms with Crippen LogP contribution in [0.3, 0.4) is 0 Å².